The lowest BCUT2D eigenvalue weighted by atomic mass is 10.1. The maximum atomic E-state index is 12.7. The Morgan fingerprint density at radius 3 is 2.58 bits per heavy atom. The van der Waals surface area contributed by atoms with Gasteiger partial charge in [-0.1, -0.05) is 23.7 Å². The van der Waals surface area contributed by atoms with Crippen molar-refractivity contribution in [2.75, 3.05) is 16.8 Å². The first-order valence-electron chi connectivity index (χ1n) is 10.3. The van der Waals surface area contributed by atoms with Crippen molar-refractivity contribution in [1.29, 1.82) is 0 Å². The molecule has 1 aromatic heterocycles. The molecular formula is C26H22ClN3O. The molecule has 0 spiro atoms. The Morgan fingerprint density at radius 1 is 1.00 bits per heavy atom. The summed E-state index contributed by atoms with van der Waals surface area (Å²) in [6, 6.07) is 21.8. The van der Waals surface area contributed by atoms with Crippen LogP contribution in [0.1, 0.15) is 27.0 Å². The lowest BCUT2D eigenvalue weighted by Crippen LogP contribution is -2.16. The fourth-order valence-electron chi connectivity index (χ4n) is 4.07. The van der Waals surface area contributed by atoms with Gasteiger partial charge < -0.3 is 10.2 Å². The van der Waals surface area contributed by atoms with E-state index < -0.39 is 0 Å². The zero-order valence-electron chi connectivity index (χ0n) is 17.4. The Labute approximate surface area is 186 Å². The number of rotatable bonds is 3. The minimum Gasteiger partial charge on any atom is -0.326 e. The number of fused-ring (bicyclic) bond motifs is 2. The van der Waals surface area contributed by atoms with Crippen LogP contribution in [-0.4, -0.2) is 17.4 Å². The first-order valence-corrected chi connectivity index (χ1v) is 10.7. The molecule has 3 aromatic carbocycles. The van der Waals surface area contributed by atoms with E-state index in [4.69, 9.17) is 16.6 Å². The standard InChI is InChI=1S/C26H22ClN3O/c1-16-3-4-19-15-20-11-12-30(25(20)28-24(19)13-16)22-8-5-18(6-9-22)26(31)29-23-10-7-21(27)14-17(23)2/h3-10,13-15H,11-12H2,1-2H3,(H,29,31). The lowest BCUT2D eigenvalue weighted by molar-refractivity contribution is 0.102. The quantitative estimate of drug-likeness (QED) is 0.408. The second-order valence-electron chi connectivity index (χ2n) is 8.03. The molecular weight excluding hydrogens is 406 g/mol. The summed E-state index contributed by atoms with van der Waals surface area (Å²) in [6.45, 7) is 4.89. The Bertz CT molecular complexity index is 1310. The third-order valence-electron chi connectivity index (χ3n) is 5.77. The Balaban J connectivity index is 1.39. The summed E-state index contributed by atoms with van der Waals surface area (Å²) in [5, 5.41) is 4.79. The average Bonchev–Trinajstić information content (AvgIpc) is 3.17. The van der Waals surface area contributed by atoms with E-state index in [1.54, 1.807) is 6.07 Å². The molecule has 0 bridgehead atoms. The molecule has 0 radical (unpaired) electrons. The lowest BCUT2D eigenvalue weighted by Gasteiger charge is -2.19. The number of aromatic nitrogens is 1. The van der Waals surface area contributed by atoms with Crippen LogP contribution in [0, 0.1) is 13.8 Å². The van der Waals surface area contributed by atoms with Gasteiger partial charge in [-0.3, -0.25) is 4.79 Å². The number of aryl methyl sites for hydroxylation is 2. The van der Waals surface area contributed by atoms with Gasteiger partial charge in [-0.15, -0.1) is 0 Å². The Kier molecular flexibility index (Phi) is 4.87. The number of amides is 1. The van der Waals surface area contributed by atoms with Crippen molar-refractivity contribution >= 4 is 45.6 Å². The summed E-state index contributed by atoms with van der Waals surface area (Å²) in [7, 11) is 0. The molecule has 1 amide bonds. The smallest absolute Gasteiger partial charge is 0.255 e. The van der Waals surface area contributed by atoms with Crippen molar-refractivity contribution < 1.29 is 4.79 Å². The molecule has 0 saturated carbocycles. The second-order valence-corrected chi connectivity index (χ2v) is 8.47. The van der Waals surface area contributed by atoms with Crippen LogP contribution in [0.3, 0.4) is 0 Å². The minimum atomic E-state index is -0.140. The van der Waals surface area contributed by atoms with Crippen LogP contribution in [-0.2, 0) is 6.42 Å². The maximum absolute atomic E-state index is 12.7. The van der Waals surface area contributed by atoms with Crippen molar-refractivity contribution in [3.8, 4) is 0 Å². The first kappa shape index (κ1) is 19.6. The molecule has 0 saturated heterocycles. The van der Waals surface area contributed by atoms with Crippen LogP contribution in [0.5, 0.6) is 0 Å². The summed E-state index contributed by atoms with van der Waals surface area (Å²) in [5.74, 6) is 0.866. The number of carbonyl (C=O) groups is 1. The molecule has 154 valence electrons. The zero-order chi connectivity index (χ0) is 21.5. The van der Waals surface area contributed by atoms with E-state index >= 15 is 0 Å². The highest BCUT2D eigenvalue weighted by molar-refractivity contribution is 6.30. The summed E-state index contributed by atoms with van der Waals surface area (Å²) < 4.78 is 0. The number of nitrogens with zero attached hydrogens (tertiary/aromatic N) is 2. The van der Waals surface area contributed by atoms with Gasteiger partial charge in [0.2, 0.25) is 0 Å². The number of halogens is 1. The topological polar surface area (TPSA) is 45.2 Å². The van der Waals surface area contributed by atoms with Crippen LogP contribution in [0.15, 0.2) is 66.7 Å². The molecule has 5 heteroatoms. The highest BCUT2D eigenvalue weighted by atomic mass is 35.5. The number of pyridine rings is 1. The van der Waals surface area contributed by atoms with Gasteiger partial charge in [0.25, 0.3) is 5.91 Å². The molecule has 0 atom stereocenters. The summed E-state index contributed by atoms with van der Waals surface area (Å²) >= 11 is 6.00. The van der Waals surface area contributed by atoms with Gasteiger partial charge in [-0.05, 0) is 91.6 Å². The average molecular weight is 428 g/mol. The number of nitrogens with one attached hydrogen (secondary N) is 1. The molecule has 2 heterocycles. The second kappa shape index (κ2) is 7.71. The molecule has 5 rings (SSSR count). The van der Waals surface area contributed by atoms with E-state index in [0.717, 1.165) is 41.2 Å². The summed E-state index contributed by atoms with van der Waals surface area (Å²) in [6.07, 6.45) is 0.963. The van der Waals surface area contributed by atoms with Crippen LogP contribution in [0.2, 0.25) is 5.02 Å². The molecule has 0 aliphatic carbocycles. The van der Waals surface area contributed by atoms with Gasteiger partial charge in [0.1, 0.15) is 5.82 Å². The molecule has 1 aliphatic heterocycles. The Morgan fingerprint density at radius 2 is 1.81 bits per heavy atom. The van der Waals surface area contributed by atoms with Crippen LogP contribution in [0.25, 0.3) is 10.9 Å². The third kappa shape index (κ3) is 3.75. The van der Waals surface area contributed by atoms with Crippen LogP contribution < -0.4 is 10.2 Å². The summed E-state index contributed by atoms with van der Waals surface area (Å²) in [5.41, 5.74) is 6.82. The molecule has 0 fully saturated rings. The SMILES string of the molecule is Cc1ccc2cc3c(nc2c1)N(c1ccc(C(=O)Nc2ccc(Cl)cc2C)cc1)CC3. The molecule has 4 nitrogen and oxygen atoms in total. The monoisotopic (exact) mass is 427 g/mol. The van der Waals surface area contributed by atoms with Crippen LogP contribution >= 0.6 is 11.6 Å². The number of anilines is 3. The normalized spacial score (nSPS) is 12.8. The van der Waals surface area contributed by atoms with Gasteiger partial charge in [0.15, 0.2) is 0 Å². The van der Waals surface area contributed by atoms with Gasteiger partial charge in [0, 0.05) is 33.9 Å². The number of benzene rings is 3. The van der Waals surface area contributed by atoms with Crippen molar-refractivity contribution in [2.45, 2.75) is 20.3 Å². The first-order chi connectivity index (χ1) is 15.0. The number of carbonyl (C=O) groups excluding carboxylic acids is 1. The van der Waals surface area contributed by atoms with E-state index in [9.17, 15) is 4.79 Å². The van der Waals surface area contributed by atoms with Crippen LogP contribution in [0.4, 0.5) is 17.2 Å². The van der Waals surface area contributed by atoms with Crippen molar-refractivity contribution in [2.24, 2.45) is 0 Å². The van der Waals surface area contributed by atoms with Gasteiger partial charge in [0.05, 0.1) is 5.52 Å². The van der Waals surface area contributed by atoms with Crippen molar-refractivity contribution in [3.63, 3.8) is 0 Å². The van der Waals surface area contributed by atoms with E-state index in [2.05, 4.69) is 41.4 Å². The molecule has 4 aromatic rings. The maximum Gasteiger partial charge on any atom is 0.255 e. The fourth-order valence-corrected chi connectivity index (χ4v) is 4.30. The zero-order valence-corrected chi connectivity index (χ0v) is 18.2. The summed E-state index contributed by atoms with van der Waals surface area (Å²) in [4.78, 5) is 19.9. The number of hydrogen-bond donors (Lipinski definition) is 1. The van der Waals surface area contributed by atoms with E-state index in [0.29, 0.717) is 10.6 Å². The number of hydrogen-bond acceptors (Lipinski definition) is 3. The van der Waals surface area contributed by atoms with E-state index in [1.165, 1.54) is 16.5 Å². The predicted molar refractivity (Wildman–Crippen MR) is 128 cm³/mol. The van der Waals surface area contributed by atoms with E-state index in [1.807, 2.05) is 43.3 Å². The molecule has 1 aliphatic rings. The molecule has 31 heavy (non-hydrogen) atoms. The van der Waals surface area contributed by atoms with Gasteiger partial charge >= 0.3 is 0 Å². The Hall–Kier alpha value is -3.37. The van der Waals surface area contributed by atoms with E-state index in [-0.39, 0.29) is 5.91 Å². The highest BCUT2D eigenvalue weighted by Gasteiger charge is 2.23. The third-order valence-corrected chi connectivity index (χ3v) is 6.00. The fraction of sp³-hybridized carbons (Fsp3) is 0.154. The van der Waals surface area contributed by atoms with Gasteiger partial charge in [-0.25, -0.2) is 4.98 Å². The van der Waals surface area contributed by atoms with Gasteiger partial charge in [-0.2, -0.15) is 0 Å². The highest BCUT2D eigenvalue weighted by Crippen LogP contribution is 2.35. The largest absolute Gasteiger partial charge is 0.326 e. The predicted octanol–water partition coefficient (Wildman–Crippen LogP) is 6.45. The van der Waals surface area contributed by atoms with Crippen molar-refractivity contribution in [3.05, 3.63) is 94.0 Å². The minimum absolute atomic E-state index is 0.140. The molecule has 1 N–H and O–H groups in total. The van der Waals surface area contributed by atoms with Crippen molar-refractivity contribution in [1.82, 2.24) is 4.98 Å². The molecule has 0 unspecified atom stereocenters.